The molecule has 14 heavy (non-hydrogen) atoms. The first-order chi connectivity index (χ1) is 6.73. The van der Waals surface area contributed by atoms with Crippen molar-refractivity contribution >= 4 is 5.97 Å². The Kier molecular flexibility index (Phi) is 2.71. The van der Waals surface area contributed by atoms with Crippen LogP contribution in [-0.4, -0.2) is 60.9 Å². The number of rotatable bonds is 3. The Bertz CT molecular complexity index is 222. The molecule has 0 atom stereocenters. The fraction of sp³-hybridized carbons (Fsp3) is 0.889. The molecule has 2 heterocycles. The van der Waals surface area contributed by atoms with Gasteiger partial charge >= 0.3 is 5.97 Å². The van der Waals surface area contributed by atoms with Gasteiger partial charge in [0.25, 0.3) is 0 Å². The molecule has 2 fully saturated rings. The van der Waals surface area contributed by atoms with Gasteiger partial charge < -0.3 is 15.2 Å². The molecule has 0 bridgehead atoms. The minimum atomic E-state index is -0.730. The largest absolute Gasteiger partial charge is 0.481 e. The standard InChI is InChI=1S/C9H16N2O3/c12-8(13)5-9(6-14-7-9)11-3-1-10-2-4-11/h10H,1-7H2,(H,12,13). The van der Waals surface area contributed by atoms with Gasteiger partial charge in [-0.2, -0.15) is 0 Å². The van der Waals surface area contributed by atoms with Crippen LogP contribution in [0.15, 0.2) is 0 Å². The predicted molar refractivity (Wildman–Crippen MR) is 50.2 cm³/mol. The highest BCUT2D eigenvalue weighted by molar-refractivity contribution is 5.68. The van der Waals surface area contributed by atoms with Crippen LogP contribution in [0.4, 0.5) is 0 Å². The molecule has 0 aromatic carbocycles. The average molecular weight is 200 g/mol. The van der Waals surface area contributed by atoms with Crippen LogP contribution in [0.1, 0.15) is 6.42 Å². The number of carboxylic acids is 1. The summed E-state index contributed by atoms with van der Waals surface area (Å²) in [5.74, 6) is -0.730. The normalized spacial score (nSPS) is 26.9. The quantitative estimate of drug-likeness (QED) is 0.620. The molecule has 0 aromatic rings. The summed E-state index contributed by atoms with van der Waals surface area (Å²) in [5.41, 5.74) is -0.214. The van der Waals surface area contributed by atoms with Crippen LogP contribution in [0.2, 0.25) is 0 Å². The van der Waals surface area contributed by atoms with Gasteiger partial charge in [-0.05, 0) is 0 Å². The van der Waals surface area contributed by atoms with Crippen molar-refractivity contribution < 1.29 is 14.6 Å². The number of carbonyl (C=O) groups is 1. The molecule has 80 valence electrons. The lowest BCUT2D eigenvalue weighted by atomic mass is 9.90. The highest BCUT2D eigenvalue weighted by Crippen LogP contribution is 2.28. The smallest absolute Gasteiger partial charge is 0.305 e. The second kappa shape index (κ2) is 3.84. The van der Waals surface area contributed by atoms with Gasteiger partial charge in [0.05, 0.1) is 25.2 Å². The van der Waals surface area contributed by atoms with E-state index in [1.54, 1.807) is 0 Å². The maximum atomic E-state index is 10.8. The van der Waals surface area contributed by atoms with Crippen LogP contribution < -0.4 is 5.32 Å². The zero-order valence-corrected chi connectivity index (χ0v) is 8.16. The maximum Gasteiger partial charge on any atom is 0.305 e. The zero-order chi connectivity index (χ0) is 10.0. The van der Waals surface area contributed by atoms with E-state index in [4.69, 9.17) is 9.84 Å². The van der Waals surface area contributed by atoms with Gasteiger partial charge in [0.15, 0.2) is 0 Å². The fourth-order valence-electron chi connectivity index (χ4n) is 2.15. The third kappa shape index (κ3) is 1.75. The molecule has 0 spiro atoms. The molecule has 5 nitrogen and oxygen atoms in total. The third-order valence-electron chi connectivity index (χ3n) is 3.01. The SMILES string of the molecule is O=C(O)CC1(N2CCNCC2)COC1. The van der Waals surface area contributed by atoms with E-state index < -0.39 is 5.97 Å². The molecule has 2 saturated heterocycles. The van der Waals surface area contributed by atoms with Crippen LogP contribution >= 0.6 is 0 Å². The first kappa shape index (κ1) is 9.89. The van der Waals surface area contributed by atoms with E-state index in [9.17, 15) is 4.79 Å². The Morgan fingerprint density at radius 2 is 2.07 bits per heavy atom. The van der Waals surface area contributed by atoms with E-state index in [0.717, 1.165) is 26.2 Å². The maximum absolute atomic E-state index is 10.8. The van der Waals surface area contributed by atoms with Crippen LogP contribution in [0, 0.1) is 0 Å². The zero-order valence-electron chi connectivity index (χ0n) is 8.16. The van der Waals surface area contributed by atoms with Crippen molar-refractivity contribution in [1.29, 1.82) is 0 Å². The Morgan fingerprint density at radius 1 is 1.43 bits per heavy atom. The Morgan fingerprint density at radius 3 is 2.50 bits per heavy atom. The summed E-state index contributed by atoms with van der Waals surface area (Å²) in [7, 11) is 0. The van der Waals surface area contributed by atoms with E-state index in [2.05, 4.69) is 10.2 Å². The second-order valence-corrected chi connectivity index (χ2v) is 4.02. The molecule has 0 aliphatic carbocycles. The molecular weight excluding hydrogens is 184 g/mol. The number of hydrogen-bond acceptors (Lipinski definition) is 4. The van der Waals surface area contributed by atoms with Gasteiger partial charge in [-0.3, -0.25) is 9.69 Å². The minimum Gasteiger partial charge on any atom is -0.481 e. The Balaban J connectivity index is 1.99. The van der Waals surface area contributed by atoms with Crippen LogP contribution in [0.25, 0.3) is 0 Å². The van der Waals surface area contributed by atoms with Gasteiger partial charge in [0, 0.05) is 26.2 Å². The summed E-state index contributed by atoms with van der Waals surface area (Å²) in [5, 5.41) is 12.1. The molecule has 2 rings (SSSR count). The molecule has 5 heteroatoms. The lowest BCUT2D eigenvalue weighted by Gasteiger charge is -2.50. The number of nitrogens with zero attached hydrogens (tertiary/aromatic N) is 1. The summed E-state index contributed by atoms with van der Waals surface area (Å²) in [6.45, 7) is 4.88. The summed E-state index contributed by atoms with van der Waals surface area (Å²) >= 11 is 0. The highest BCUT2D eigenvalue weighted by Gasteiger charge is 2.45. The molecule has 0 aromatic heterocycles. The van der Waals surface area contributed by atoms with Gasteiger partial charge in [-0.15, -0.1) is 0 Å². The number of hydrogen-bond donors (Lipinski definition) is 2. The highest BCUT2D eigenvalue weighted by atomic mass is 16.5. The van der Waals surface area contributed by atoms with Crippen molar-refractivity contribution in [3.8, 4) is 0 Å². The molecule has 0 radical (unpaired) electrons. The van der Waals surface area contributed by atoms with Gasteiger partial charge in [-0.1, -0.05) is 0 Å². The number of nitrogens with one attached hydrogen (secondary N) is 1. The van der Waals surface area contributed by atoms with Gasteiger partial charge in [0.2, 0.25) is 0 Å². The topological polar surface area (TPSA) is 61.8 Å². The molecular formula is C9H16N2O3. The second-order valence-electron chi connectivity index (χ2n) is 4.02. The number of ether oxygens (including phenoxy) is 1. The van der Waals surface area contributed by atoms with E-state index >= 15 is 0 Å². The predicted octanol–water partition coefficient (Wildman–Crippen LogP) is -0.865. The van der Waals surface area contributed by atoms with Crippen molar-refractivity contribution in [3.05, 3.63) is 0 Å². The number of carboxylic acid groups (broad SMARTS) is 1. The number of piperazine rings is 1. The van der Waals surface area contributed by atoms with E-state index in [1.807, 2.05) is 0 Å². The lowest BCUT2D eigenvalue weighted by molar-refractivity contribution is -0.167. The summed E-state index contributed by atoms with van der Waals surface area (Å²) in [6, 6.07) is 0. The van der Waals surface area contributed by atoms with Crippen molar-refractivity contribution in [1.82, 2.24) is 10.2 Å². The molecule has 2 aliphatic rings. The first-order valence-corrected chi connectivity index (χ1v) is 4.98. The van der Waals surface area contributed by atoms with Crippen LogP contribution in [0.3, 0.4) is 0 Å². The summed E-state index contributed by atoms with van der Waals surface area (Å²) in [6.07, 6.45) is 0.201. The average Bonchev–Trinajstić information content (AvgIpc) is 2.12. The van der Waals surface area contributed by atoms with Crippen molar-refractivity contribution in [2.24, 2.45) is 0 Å². The molecule has 2 aliphatic heterocycles. The molecule has 0 unspecified atom stereocenters. The van der Waals surface area contributed by atoms with Crippen molar-refractivity contribution in [2.45, 2.75) is 12.0 Å². The monoisotopic (exact) mass is 200 g/mol. The summed E-state index contributed by atoms with van der Waals surface area (Å²) in [4.78, 5) is 13.0. The summed E-state index contributed by atoms with van der Waals surface area (Å²) < 4.78 is 5.17. The Labute approximate surface area is 83.0 Å². The van der Waals surface area contributed by atoms with Gasteiger partial charge in [0.1, 0.15) is 0 Å². The van der Waals surface area contributed by atoms with Crippen molar-refractivity contribution in [2.75, 3.05) is 39.4 Å². The number of aliphatic carboxylic acids is 1. The first-order valence-electron chi connectivity index (χ1n) is 4.98. The third-order valence-corrected chi connectivity index (χ3v) is 3.01. The van der Waals surface area contributed by atoms with Crippen LogP contribution in [-0.2, 0) is 9.53 Å². The van der Waals surface area contributed by atoms with E-state index in [1.165, 1.54) is 0 Å². The van der Waals surface area contributed by atoms with E-state index in [-0.39, 0.29) is 12.0 Å². The molecule has 0 amide bonds. The minimum absolute atomic E-state index is 0.201. The van der Waals surface area contributed by atoms with Crippen LogP contribution in [0.5, 0.6) is 0 Å². The van der Waals surface area contributed by atoms with Gasteiger partial charge in [-0.25, -0.2) is 0 Å². The fourth-order valence-corrected chi connectivity index (χ4v) is 2.15. The van der Waals surface area contributed by atoms with Crippen molar-refractivity contribution in [3.63, 3.8) is 0 Å². The molecule has 0 saturated carbocycles. The Hall–Kier alpha value is -0.650. The molecule has 2 N–H and O–H groups in total. The van der Waals surface area contributed by atoms with E-state index in [0.29, 0.717) is 13.2 Å². The lowest BCUT2D eigenvalue weighted by Crippen LogP contribution is -2.66.